The number of hydrogen-bond acceptors (Lipinski definition) is 2. The summed E-state index contributed by atoms with van der Waals surface area (Å²) in [7, 11) is 0. The highest BCUT2D eigenvalue weighted by atomic mass is 16.3. The van der Waals surface area contributed by atoms with Crippen LogP contribution < -0.4 is 4.90 Å². The first-order valence-electron chi connectivity index (χ1n) is 14.9. The number of para-hydroxylation sites is 1. The molecule has 0 fully saturated rings. The minimum Gasteiger partial charge on any atom is -0.455 e. The van der Waals surface area contributed by atoms with Crippen molar-refractivity contribution in [1.82, 2.24) is 0 Å². The zero-order chi connectivity index (χ0) is 28.7. The first-order valence-corrected chi connectivity index (χ1v) is 14.9. The molecule has 0 radical (unpaired) electrons. The van der Waals surface area contributed by atoms with Gasteiger partial charge in [-0.05, 0) is 80.7 Å². The first-order chi connectivity index (χ1) is 21.1. The van der Waals surface area contributed by atoms with Gasteiger partial charge in [0.25, 0.3) is 0 Å². The lowest BCUT2D eigenvalue weighted by Crippen LogP contribution is -2.16. The molecule has 7 aromatic carbocycles. The van der Waals surface area contributed by atoms with Gasteiger partial charge in [0, 0.05) is 38.8 Å². The van der Waals surface area contributed by atoms with Crippen LogP contribution >= 0.6 is 0 Å². The Labute approximate surface area is 250 Å². The maximum absolute atomic E-state index is 6.53. The number of fused-ring (bicyclic) bond motifs is 9. The largest absolute Gasteiger partial charge is 0.455 e. The summed E-state index contributed by atoms with van der Waals surface area (Å²) in [6.07, 6.45) is 0. The van der Waals surface area contributed by atoms with E-state index in [1.54, 1.807) is 0 Å². The number of hydrogen-bond donors (Lipinski definition) is 0. The smallest absolute Gasteiger partial charge is 0.143 e. The second-order valence-corrected chi connectivity index (χ2v) is 12.2. The predicted molar refractivity (Wildman–Crippen MR) is 181 cm³/mol. The molecule has 1 aromatic heterocycles. The van der Waals surface area contributed by atoms with Crippen LogP contribution in [0.25, 0.3) is 54.6 Å². The third-order valence-corrected chi connectivity index (χ3v) is 9.41. The van der Waals surface area contributed by atoms with Crippen LogP contribution in [0.1, 0.15) is 25.0 Å². The molecule has 0 saturated carbocycles. The molecule has 0 spiro atoms. The summed E-state index contributed by atoms with van der Waals surface area (Å²) in [6.45, 7) is 4.68. The van der Waals surface area contributed by atoms with Crippen molar-refractivity contribution in [2.45, 2.75) is 19.3 Å². The Hall–Kier alpha value is -5.34. The Morgan fingerprint density at radius 1 is 0.488 bits per heavy atom. The molecular formula is C41H29NO. The minimum absolute atomic E-state index is 0.174. The number of furan rings is 1. The van der Waals surface area contributed by atoms with E-state index in [0.717, 1.165) is 28.2 Å². The molecule has 0 amide bonds. The maximum atomic E-state index is 6.53. The zero-order valence-electron chi connectivity index (χ0n) is 24.1. The van der Waals surface area contributed by atoms with Crippen LogP contribution in [-0.2, 0) is 5.41 Å². The Bertz CT molecular complexity index is 2310. The van der Waals surface area contributed by atoms with Crippen molar-refractivity contribution in [1.29, 1.82) is 0 Å². The second-order valence-electron chi connectivity index (χ2n) is 12.2. The molecule has 1 aliphatic carbocycles. The molecule has 0 bridgehead atoms. The predicted octanol–water partition coefficient (Wildman–Crippen LogP) is 11.7. The number of anilines is 3. The molecule has 0 N–H and O–H groups in total. The van der Waals surface area contributed by atoms with Gasteiger partial charge in [-0.25, -0.2) is 0 Å². The lowest BCUT2D eigenvalue weighted by atomic mass is 9.82. The number of nitrogens with zero attached hydrogens (tertiary/aromatic N) is 1. The molecule has 1 heterocycles. The van der Waals surface area contributed by atoms with Crippen LogP contribution in [0.15, 0.2) is 144 Å². The van der Waals surface area contributed by atoms with Gasteiger partial charge in [0.1, 0.15) is 11.2 Å². The molecular weight excluding hydrogens is 522 g/mol. The fourth-order valence-corrected chi connectivity index (χ4v) is 7.21. The van der Waals surface area contributed by atoms with E-state index in [4.69, 9.17) is 4.42 Å². The van der Waals surface area contributed by atoms with Gasteiger partial charge in [0.2, 0.25) is 0 Å². The van der Waals surface area contributed by atoms with Crippen molar-refractivity contribution >= 4 is 60.5 Å². The van der Waals surface area contributed by atoms with Crippen molar-refractivity contribution < 1.29 is 4.42 Å². The summed E-state index contributed by atoms with van der Waals surface area (Å²) in [5, 5.41) is 7.28. The van der Waals surface area contributed by atoms with E-state index in [-0.39, 0.29) is 5.41 Å². The summed E-state index contributed by atoms with van der Waals surface area (Å²) < 4.78 is 6.53. The molecule has 0 saturated heterocycles. The fourth-order valence-electron chi connectivity index (χ4n) is 7.21. The van der Waals surface area contributed by atoms with Gasteiger partial charge in [0.15, 0.2) is 0 Å². The number of benzene rings is 7. The van der Waals surface area contributed by atoms with E-state index < -0.39 is 0 Å². The lowest BCUT2D eigenvalue weighted by Gasteiger charge is -2.28. The van der Waals surface area contributed by atoms with Gasteiger partial charge in [-0.2, -0.15) is 0 Å². The van der Waals surface area contributed by atoms with Crippen molar-refractivity contribution in [3.8, 4) is 11.1 Å². The molecule has 204 valence electrons. The average molecular weight is 552 g/mol. The van der Waals surface area contributed by atoms with E-state index >= 15 is 0 Å². The van der Waals surface area contributed by atoms with Crippen LogP contribution in [-0.4, -0.2) is 0 Å². The van der Waals surface area contributed by atoms with Gasteiger partial charge >= 0.3 is 0 Å². The van der Waals surface area contributed by atoms with E-state index in [1.165, 1.54) is 54.6 Å². The Balaban J connectivity index is 1.27. The van der Waals surface area contributed by atoms with Crippen LogP contribution in [0.4, 0.5) is 17.1 Å². The molecule has 2 nitrogen and oxygen atoms in total. The van der Waals surface area contributed by atoms with Gasteiger partial charge in [-0.1, -0.05) is 111 Å². The summed E-state index contributed by atoms with van der Waals surface area (Å²) in [4.78, 5) is 2.40. The Morgan fingerprint density at radius 3 is 1.77 bits per heavy atom. The van der Waals surface area contributed by atoms with Gasteiger partial charge in [0.05, 0.1) is 0 Å². The quantitative estimate of drug-likeness (QED) is 0.217. The molecule has 8 aromatic rings. The molecule has 0 atom stereocenters. The molecule has 1 aliphatic rings. The monoisotopic (exact) mass is 551 g/mol. The highest BCUT2D eigenvalue weighted by Crippen LogP contribution is 2.54. The van der Waals surface area contributed by atoms with Crippen LogP contribution in [0, 0.1) is 0 Å². The molecule has 43 heavy (non-hydrogen) atoms. The topological polar surface area (TPSA) is 16.4 Å². The summed E-state index contributed by atoms with van der Waals surface area (Å²) in [5.74, 6) is 0. The second kappa shape index (κ2) is 8.83. The van der Waals surface area contributed by atoms with Crippen molar-refractivity contribution in [2.24, 2.45) is 0 Å². The standard InChI is InChI=1S/C41H29NO/c1-41(2)36-22-21-34-33-13-7-8-14-38(33)43-40(34)39(36)35-20-19-32(25-37(35)41)42(30-17-15-26-9-3-5-11-28(26)23-30)31-18-16-27-10-4-6-12-29(27)24-31/h3-25H,1-2H3. The number of rotatable bonds is 3. The van der Waals surface area contributed by atoms with Crippen LogP contribution in [0.2, 0.25) is 0 Å². The van der Waals surface area contributed by atoms with Gasteiger partial charge in [-0.15, -0.1) is 0 Å². The highest BCUT2D eigenvalue weighted by molar-refractivity contribution is 6.12. The van der Waals surface area contributed by atoms with Gasteiger partial charge in [-0.3, -0.25) is 0 Å². The summed E-state index contributed by atoms with van der Waals surface area (Å²) in [5.41, 5.74) is 10.3. The lowest BCUT2D eigenvalue weighted by molar-refractivity contribution is 0.653. The first kappa shape index (κ1) is 24.3. The minimum atomic E-state index is -0.174. The van der Waals surface area contributed by atoms with E-state index in [9.17, 15) is 0 Å². The molecule has 0 unspecified atom stereocenters. The summed E-state index contributed by atoms with van der Waals surface area (Å²) in [6, 6.07) is 50.6. The SMILES string of the molecule is CC1(C)c2cc(N(c3ccc4ccccc4c3)c3ccc4ccccc4c3)ccc2-c2c1ccc1c2oc2ccccc21. The highest BCUT2D eigenvalue weighted by Gasteiger charge is 2.38. The third kappa shape index (κ3) is 3.53. The molecule has 2 heteroatoms. The maximum Gasteiger partial charge on any atom is 0.143 e. The van der Waals surface area contributed by atoms with E-state index in [0.29, 0.717) is 0 Å². The van der Waals surface area contributed by atoms with Crippen molar-refractivity contribution in [3.05, 3.63) is 151 Å². The van der Waals surface area contributed by atoms with Crippen molar-refractivity contribution in [2.75, 3.05) is 4.90 Å². The van der Waals surface area contributed by atoms with Crippen LogP contribution in [0.5, 0.6) is 0 Å². The zero-order valence-corrected chi connectivity index (χ0v) is 24.1. The molecule has 9 rings (SSSR count). The van der Waals surface area contributed by atoms with Crippen molar-refractivity contribution in [3.63, 3.8) is 0 Å². The third-order valence-electron chi connectivity index (χ3n) is 9.41. The fraction of sp³-hybridized carbons (Fsp3) is 0.0732. The Kier molecular flexibility index (Phi) is 4.99. The normalized spacial score (nSPS) is 13.5. The summed E-state index contributed by atoms with van der Waals surface area (Å²) >= 11 is 0. The van der Waals surface area contributed by atoms with Crippen LogP contribution in [0.3, 0.4) is 0 Å². The molecule has 0 aliphatic heterocycles. The average Bonchev–Trinajstić information content (AvgIpc) is 3.53. The van der Waals surface area contributed by atoms with E-state index in [1.807, 2.05) is 6.07 Å². The Morgan fingerprint density at radius 2 is 1.07 bits per heavy atom. The van der Waals surface area contributed by atoms with E-state index in [2.05, 4.69) is 152 Å². The van der Waals surface area contributed by atoms with Gasteiger partial charge < -0.3 is 9.32 Å².